The molecule has 0 saturated heterocycles. The molecule has 3 nitrogen and oxygen atoms in total. The van der Waals surface area contributed by atoms with E-state index in [0.29, 0.717) is 5.56 Å². The molecule has 2 aromatic rings. The molecule has 1 amide bonds. The number of benzene rings is 2. The van der Waals surface area contributed by atoms with Gasteiger partial charge in [-0.25, -0.2) is 0 Å². The van der Waals surface area contributed by atoms with Gasteiger partial charge in [0.1, 0.15) is 0 Å². The molecular formula is C16H17BrN2O. The minimum absolute atomic E-state index is 0.237. The van der Waals surface area contributed by atoms with Gasteiger partial charge in [0.05, 0.1) is 0 Å². The average molecular weight is 333 g/mol. The number of nitrogens with one attached hydrogen (secondary N) is 1. The van der Waals surface area contributed by atoms with E-state index in [0.717, 1.165) is 16.6 Å². The Kier molecular flexibility index (Phi) is 4.93. The number of primary amides is 1. The highest BCUT2D eigenvalue weighted by Gasteiger charge is 2.08. The van der Waals surface area contributed by atoms with Crippen LogP contribution in [0.5, 0.6) is 0 Å². The number of carbonyl (C=O) groups excluding carboxylic acids is 1. The quantitative estimate of drug-likeness (QED) is 0.881. The number of nitrogens with two attached hydrogens (primary N) is 1. The number of halogens is 1. The maximum absolute atomic E-state index is 11.0. The summed E-state index contributed by atoms with van der Waals surface area (Å²) in [7, 11) is 0. The summed E-state index contributed by atoms with van der Waals surface area (Å²) < 4.78 is 1.10. The Morgan fingerprint density at radius 3 is 2.45 bits per heavy atom. The van der Waals surface area contributed by atoms with E-state index in [1.165, 1.54) is 5.56 Å². The SMILES string of the molecule is C[C@@H](NCc1ccc(C(N)=O)cc1)c1ccccc1Br. The lowest BCUT2D eigenvalue weighted by Gasteiger charge is -2.16. The smallest absolute Gasteiger partial charge is 0.248 e. The lowest BCUT2D eigenvalue weighted by molar-refractivity contribution is 0.100. The Morgan fingerprint density at radius 2 is 1.85 bits per heavy atom. The van der Waals surface area contributed by atoms with Crippen molar-refractivity contribution in [3.05, 3.63) is 69.7 Å². The molecular weight excluding hydrogens is 316 g/mol. The maximum Gasteiger partial charge on any atom is 0.248 e. The van der Waals surface area contributed by atoms with Crippen LogP contribution in [0.1, 0.15) is 34.5 Å². The molecule has 0 aromatic heterocycles. The Hall–Kier alpha value is -1.65. The van der Waals surface area contributed by atoms with Crippen molar-refractivity contribution >= 4 is 21.8 Å². The predicted molar refractivity (Wildman–Crippen MR) is 84.4 cm³/mol. The zero-order valence-corrected chi connectivity index (χ0v) is 12.9. The fraction of sp³-hybridized carbons (Fsp3) is 0.188. The van der Waals surface area contributed by atoms with Gasteiger partial charge in [0.2, 0.25) is 5.91 Å². The third-order valence-electron chi connectivity index (χ3n) is 3.22. The molecule has 3 N–H and O–H groups in total. The monoisotopic (exact) mass is 332 g/mol. The van der Waals surface area contributed by atoms with Gasteiger partial charge >= 0.3 is 0 Å². The van der Waals surface area contributed by atoms with Crippen molar-refractivity contribution in [2.24, 2.45) is 5.73 Å². The van der Waals surface area contributed by atoms with Crippen LogP contribution < -0.4 is 11.1 Å². The first-order valence-corrected chi connectivity index (χ1v) is 7.24. The van der Waals surface area contributed by atoms with Gasteiger partial charge in [-0.05, 0) is 36.2 Å². The van der Waals surface area contributed by atoms with Gasteiger partial charge in [-0.15, -0.1) is 0 Å². The third-order valence-corrected chi connectivity index (χ3v) is 3.94. The lowest BCUT2D eigenvalue weighted by atomic mass is 10.1. The van der Waals surface area contributed by atoms with Crippen LogP contribution in [-0.2, 0) is 6.54 Å². The van der Waals surface area contributed by atoms with Crippen molar-refractivity contribution in [3.63, 3.8) is 0 Å². The molecule has 2 rings (SSSR count). The van der Waals surface area contributed by atoms with E-state index in [2.05, 4.69) is 34.2 Å². The molecule has 0 aliphatic carbocycles. The first-order chi connectivity index (χ1) is 9.58. The number of hydrogen-bond acceptors (Lipinski definition) is 2. The van der Waals surface area contributed by atoms with Gasteiger partial charge in [-0.3, -0.25) is 4.79 Å². The molecule has 0 spiro atoms. The molecule has 0 unspecified atom stereocenters. The van der Waals surface area contributed by atoms with E-state index in [-0.39, 0.29) is 6.04 Å². The van der Waals surface area contributed by atoms with E-state index >= 15 is 0 Å². The van der Waals surface area contributed by atoms with Crippen LogP contribution in [-0.4, -0.2) is 5.91 Å². The summed E-state index contributed by atoms with van der Waals surface area (Å²) in [5.74, 6) is -0.397. The molecule has 0 radical (unpaired) electrons. The zero-order valence-electron chi connectivity index (χ0n) is 11.3. The molecule has 104 valence electrons. The second-order valence-corrected chi connectivity index (χ2v) is 5.54. The summed E-state index contributed by atoms with van der Waals surface area (Å²) in [6.45, 7) is 2.86. The Morgan fingerprint density at radius 1 is 1.20 bits per heavy atom. The van der Waals surface area contributed by atoms with Gasteiger partial charge in [-0.1, -0.05) is 46.3 Å². The largest absolute Gasteiger partial charge is 0.366 e. The van der Waals surface area contributed by atoms with E-state index in [4.69, 9.17) is 5.73 Å². The van der Waals surface area contributed by atoms with Crippen LogP contribution in [0.25, 0.3) is 0 Å². The van der Waals surface area contributed by atoms with E-state index in [1.807, 2.05) is 30.3 Å². The molecule has 0 heterocycles. The molecule has 0 fully saturated rings. The summed E-state index contributed by atoms with van der Waals surface area (Å²) in [6, 6.07) is 15.7. The summed E-state index contributed by atoms with van der Waals surface area (Å²) in [4.78, 5) is 11.0. The summed E-state index contributed by atoms with van der Waals surface area (Å²) in [6.07, 6.45) is 0. The van der Waals surface area contributed by atoms with Gasteiger partial charge < -0.3 is 11.1 Å². The Labute approximate surface area is 127 Å². The van der Waals surface area contributed by atoms with Crippen molar-refractivity contribution in [1.82, 2.24) is 5.32 Å². The van der Waals surface area contributed by atoms with Gasteiger partial charge in [0, 0.05) is 22.6 Å². The highest BCUT2D eigenvalue weighted by molar-refractivity contribution is 9.10. The topological polar surface area (TPSA) is 55.1 Å². The Bertz CT molecular complexity index is 596. The van der Waals surface area contributed by atoms with E-state index in [9.17, 15) is 4.79 Å². The van der Waals surface area contributed by atoms with Crippen molar-refractivity contribution < 1.29 is 4.79 Å². The summed E-state index contributed by atoms with van der Waals surface area (Å²) >= 11 is 3.56. The predicted octanol–water partition coefficient (Wildman–Crippen LogP) is 3.40. The molecule has 4 heteroatoms. The average Bonchev–Trinajstić information content (AvgIpc) is 2.45. The molecule has 0 aliphatic rings. The van der Waals surface area contributed by atoms with E-state index in [1.54, 1.807) is 12.1 Å². The first-order valence-electron chi connectivity index (χ1n) is 6.44. The van der Waals surface area contributed by atoms with E-state index < -0.39 is 5.91 Å². The van der Waals surface area contributed by atoms with Crippen molar-refractivity contribution in [1.29, 1.82) is 0 Å². The van der Waals surface area contributed by atoms with Crippen LogP contribution >= 0.6 is 15.9 Å². The molecule has 2 aromatic carbocycles. The standard InChI is InChI=1S/C16H17BrN2O/c1-11(14-4-2-3-5-15(14)17)19-10-12-6-8-13(9-7-12)16(18)20/h2-9,11,19H,10H2,1H3,(H2,18,20)/t11-/m1/s1. The van der Waals surface area contributed by atoms with Crippen LogP contribution in [0.4, 0.5) is 0 Å². The van der Waals surface area contributed by atoms with Crippen molar-refractivity contribution in [2.75, 3.05) is 0 Å². The van der Waals surface area contributed by atoms with Crippen LogP contribution in [0, 0.1) is 0 Å². The Balaban J connectivity index is 1.98. The van der Waals surface area contributed by atoms with Gasteiger partial charge in [0.15, 0.2) is 0 Å². The third kappa shape index (κ3) is 3.68. The highest BCUT2D eigenvalue weighted by Crippen LogP contribution is 2.22. The summed E-state index contributed by atoms with van der Waals surface area (Å²) in [5, 5.41) is 3.46. The van der Waals surface area contributed by atoms with Crippen LogP contribution in [0.15, 0.2) is 53.0 Å². The normalized spacial score (nSPS) is 12.1. The number of hydrogen-bond donors (Lipinski definition) is 2. The van der Waals surface area contributed by atoms with Crippen molar-refractivity contribution in [2.45, 2.75) is 19.5 Å². The minimum atomic E-state index is -0.397. The fourth-order valence-corrected chi connectivity index (χ4v) is 2.62. The van der Waals surface area contributed by atoms with Crippen LogP contribution in [0.2, 0.25) is 0 Å². The molecule has 20 heavy (non-hydrogen) atoms. The highest BCUT2D eigenvalue weighted by atomic mass is 79.9. The minimum Gasteiger partial charge on any atom is -0.366 e. The van der Waals surface area contributed by atoms with Gasteiger partial charge in [-0.2, -0.15) is 0 Å². The second kappa shape index (κ2) is 6.68. The second-order valence-electron chi connectivity index (χ2n) is 4.69. The number of carbonyl (C=O) groups is 1. The number of rotatable bonds is 5. The van der Waals surface area contributed by atoms with Gasteiger partial charge in [0.25, 0.3) is 0 Å². The van der Waals surface area contributed by atoms with Crippen molar-refractivity contribution in [3.8, 4) is 0 Å². The van der Waals surface area contributed by atoms with Crippen LogP contribution in [0.3, 0.4) is 0 Å². The molecule has 1 atom stereocenters. The maximum atomic E-state index is 11.0. The first kappa shape index (κ1) is 14.8. The molecule has 0 aliphatic heterocycles. The lowest BCUT2D eigenvalue weighted by Crippen LogP contribution is -2.18. The fourth-order valence-electron chi connectivity index (χ4n) is 1.99. The zero-order chi connectivity index (χ0) is 14.5. The molecule has 0 saturated carbocycles. The molecule has 0 bridgehead atoms. The summed E-state index contributed by atoms with van der Waals surface area (Å²) in [5.41, 5.74) is 8.10. The number of amides is 1.